The molecule has 1 atom stereocenters. The Balaban J connectivity index is 1.74. The van der Waals surface area contributed by atoms with E-state index in [-0.39, 0.29) is 17.8 Å². The lowest BCUT2D eigenvalue weighted by Gasteiger charge is -2.23. The Kier molecular flexibility index (Phi) is 4.75. The Morgan fingerprint density at radius 2 is 2.17 bits per heavy atom. The second-order valence-corrected chi connectivity index (χ2v) is 7.37. The predicted molar refractivity (Wildman–Crippen MR) is 94.9 cm³/mol. The average molecular weight is 348 g/mol. The van der Waals surface area contributed by atoms with Crippen LogP contribution in [0.25, 0.3) is 10.1 Å². The molecule has 2 aromatic heterocycles. The third-order valence-electron chi connectivity index (χ3n) is 3.74. The highest BCUT2D eigenvalue weighted by Crippen LogP contribution is 2.28. The molecule has 0 aliphatic rings. The van der Waals surface area contributed by atoms with E-state index in [0.29, 0.717) is 16.8 Å². The fraction of sp³-hybridized carbons (Fsp3) is 0.235. The van der Waals surface area contributed by atoms with Crippen molar-refractivity contribution in [3.05, 3.63) is 57.3 Å². The Hall–Kier alpha value is -1.76. The van der Waals surface area contributed by atoms with Crippen molar-refractivity contribution in [2.24, 2.45) is 0 Å². The number of carbonyl (C=O) groups is 1. The molecule has 0 spiro atoms. The van der Waals surface area contributed by atoms with Crippen LogP contribution >= 0.6 is 22.7 Å². The highest BCUT2D eigenvalue weighted by atomic mass is 32.1. The number of thiophene rings is 2. The molecule has 0 bridgehead atoms. The summed E-state index contributed by atoms with van der Waals surface area (Å²) in [5, 5.41) is 7.58. The topological polar surface area (TPSA) is 32.3 Å². The molecule has 0 aliphatic carbocycles. The molecule has 0 unspecified atom stereocenters. The minimum atomic E-state index is -0.290. The maximum Gasteiger partial charge on any atom is 0.261 e. The van der Waals surface area contributed by atoms with Gasteiger partial charge in [-0.2, -0.15) is 11.3 Å². The van der Waals surface area contributed by atoms with Gasteiger partial charge in [0.2, 0.25) is 0 Å². The van der Waals surface area contributed by atoms with Gasteiger partial charge in [0, 0.05) is 16.6 Å². The summed E-state index contributed by atoms with van der Waals surface area (Å²) in [5.74, 6) is -0.449. The van der Waals surface area contributed by atoms with Crippen molar-refractivity contribution < 1.29 is 9.18 Å². The van der Waals surface area contributed by atoms with Crippen molar-refractivity contribution >= 4 is 38.7 Å². The van der Waals surface area contributed by atoms with Crippen LogP contribution in [0.15, 0.2) is 41.1 Å². The number of fused-ring (bicyclic) bond motifs is 1. The summed E-state index contributed by atoms with van der Waals surface area (Å²) in [4.78, 5) is 15.0. The first-order valence-corrected chi connectivity index (χ1v) is 8.97. The maximum absolute atomic E-state index is 13.7. The number of nitrogens with zero attached hydrogens (tertiary/aromatic N) is 1. The minimum absolute atomic E-state index is 0.122. The lowest BCUT2D eigenvalue weighted by atomic mass is 10.1. The van der Waals surface area contributed by atoms with Gasteiger partial charge in [0.05, 0.1) is 10.9 Å². The number of halogens is 1. The van der Waals surface area contributed by atoms with E-state index >= 15 is 0 Å². The molecular weight excluding hydrogens is 331 g/mol. The van der Waals surface area contributed by atoms with Crippen LogP contribution in [0.3, 0.4) is 0 Å². The summed E-state index contributed by atoms with van der Waals surface area (Å²) in [5.41, 5.74) is 1.18. The zero-order valence-electron chi connectivity index (χ0n) is 12.9. The van der Waals surface area contributed by atoms with Crippen molar-refractivity contribution in [2.75, 3.05) is 20.6 Å². The van der Waals surface area contributed by atoms with Gasteiger partial charge < -0.3 is 10.2 Å². The first-order valence-electron chi connectivity index (χ1n) is 7.21. The second kappa shape index (κ2) is 6.78. The quantitative estimate of drug-likeness (QED) is 0.752. The van der Waals surface area contributed by atoms with Gasteiger partial charge in [0.25, 0.3) is 5.91 Å². The number of likely N-dealkylation sites (N-methyl/N-ethyl adjacent to an activating group) is 1. The highest BCUT2D eigenvalue weighted by molar-refractivity contribution is 7.20. The van der Waals surface area contributed by atoms with Gasteiger partial charge >= 0.3 is 0 Å². The van der Waals surface area contributed by atoms with Crippen molar-refractivity contribution in [1.82, 2.24) is 10.2 Å². The molecular formula is C17H17FN2OS2. The summed E-state index contributed by atoms with van der Waals surface area (Å²) in [7, 11) is 3.98. The van der Waals surface area contributed by atoms with E-state index in [2.05, 4.69) is 21.7 Å². The summed E-state index contributed by atoms with van der Waals surface area (Å²) >= 11 is 2.96. The van der Waals surface area contributed by atoms with Gasteiger partial charge in [-0.3, -0.25) is 4.79 Å². The Bertz CT molecular complexity index is 811. The number of benzene rings is 1. The predicted octanol–water partition coefficient (Wildman–Crippen LogP) is 4.13. The first kappa shape index (κ1) is 16.1. The lowest BCUT2D eigenvalue weighted by molar-refractivity contribution is 0.0946. The van der Waals surface area contributed by atoms with Crippen LogP contribution < -0.4 is 5.32 Å². The molecule has 0 fully saturated rings. The van der Waals surface area contributed by atoms with Crippen molar-refractivity contribution in [3.63, 3.8) is 0 Å². The third kappa shape index (κ3) is 3.44. The minimum Gasteiger partial charge on any atom is -0.349 e. The van der Waals surface area contributed by atoms with Gasteiger partial charge in [-0.15, -0.1) is 11.3 Å². The first-order chi connectivity index (χ1) is 11.1. The molecule has 120 valence electrons. The van der Waals surface area contributed by atoms with Crippen LogP contribution in [-0.4, -0.2) is 31.4 Å². The van der Waals surface area contributed by atoms with E-state index in [1.54, 1.807) is 23.5 Å². The van der Waals surface area contributed by atoms with E-state index in [0.717, 1.165) is 4.70 Å². The highest BCUT2D eigenvalue weighted by Gasteiger charge is 2.17. The van der Waals surface area contributed by atoms with E-state index in [4.69, 9.17) is 0 Å². The van der Waals surface area contributed by atoms with Crippen LogP contribution in [0.4, 0.5) is 4.39 Å². The second-order valence-electron chi connectivity index (χ2n) is 5.51. The van der Waals surface area contributed by atoms with Crippen LogP contribution in [0.1, 0.15) is 21.3 Å². The number of nitrogens with one attached hydrogen (secondary N) is 1. The smallest absolute Gasteiger partial charge is 0.261 e. The van der Waals surface area contributed by atoms with Crippen LogP contribution in [0.5, 0.6) is 0 Å². The molecule has 1 aromatic carbocycles. The number of rotatable bonds is 5. The number of carbonyl (C=O) groups excluding carboxylic acids is 1. The molecule has 6 heteroatoms. The zero-order valence-corrected chi connectivity index (χ0v) is 14.5. The fourth-order valence-electron chi connectivity index (χ4n) is 2.48. The van der Waals surface area contributed by atoms with Crippen molar-refractivity contribution in [1.29, 1.82) is 0 Å². The summed E-state index contributed by atoms with van der Waals surface area (Å²) < 4.78 is 14.5. The Labute approximate surface area is 142 Å². The van der Waals surface area contributed by atoms with E-state index in [1.807, 2.05) is 25.5 Å². The molecule has 2 heterocycles. The Morgan fingerprint density at radius 1 is 1.35 bits per heavy atom. The molecule has 3 rings (SSSR count). The van der Waals surface area contributed by atoms with Crippen LogP contribution in [-0.2, 0) is 0 Å². The van der Waals surface area contributed by atoms with E-state index in [9.17, 15) is 9.18 Å². The SMILES string of the molecule is CN(C)[C@H](CNC(=O)c1cc2c(F)cccc2s1)c1ccsc1. The molecule has 0 saturated carbocycles. The molecule has 0 radical (unpaired) electrons. The molecule has 0 aliphatic heterocycles. The summed E-state index contributed by atoms with van der Waals surface area (Å²) in [6, 6.07) is 8.71. The number of amides is 1. The van der Waals surface area contributed by atoms with Gasteiger partial charge in [0.15, 0.2) is 0 Å². The van der Waals surface area contributed by atoms with E-state index < -0.39 is 0 Å². The van der Waals surface area contributed by atoms with Gasteiger partial charge in [-0.25, -0.2) is 4.39 Å². The average Bonchev–Trinajstić information content (AvgIpc) is 3.16. The normalized spacial score (nSPS) is 12.7. The molecule has 1 amide bonds. The third-order valence-corrected chi connectivity index (χ3v) is 5.54. The van der Waals surface area contributed by atoms with Gasteiger partial charge in [0.1, 0.15) is 5.82 Å². The maximum atomic E-state index is 13.7. The van der Waals surface area contributed by atoms with Crippen molar-refractivity contribution in [2.45, 2.75) is 6.04 Å². The van der Waals surface area contributed by atoms with Crippen LogP contribution in [0.2, 0.25) is 0 Å². The van der Waals surface area contributed by atoms with E-state index in [1.165, 1.54) is 23.0 Å². The largest absolute Gasteiger partial charge is 0.349 e. The van der Waals surface area contributed by atoms with Gasteiger partial charge in [-0.05, 0) is 54.7 Å². The van der Waals surface area contributed by atoms with Gasteiger partial charge in [-0.1, -0.05) is 6.07 Å². The number of hydrogen-bond donors (Lipinski definition) is 1. The zero-order chi connectivity index (χ0) is 16.4. The summed E-state index contributed by atoms with van der Waals surface area (Å²) in [6.45, 7) is 0.513. The molecule has 0 saturated heterocycles. The molecule has 23 heavy (non-hydrogen) atoms. The lowest BCUT2D eigenvalue weighted by Crippen LogP contribution is -2.34. The molecule has 3 nitrogen and oxygen atoms in total. The monoisotopic (exact) mass is 348 g/mol. The standard InChI is InChI=1S/C17H17FN2OS2/c1-20(2)14(11-6-7-22-10-11)9-19-17(21)16-8-12-13(18)4-3-5-15(12)23-16/h3-8,10,14H,9H2,1-2H3,(H,19,21)/t14-/m1/s1. The molecule has 3 aromatic rings. The van der Waals surface area contributed by atoms with Crippen LogP contribution in [0, 0.1) is 5.82 Å². The molecule has 1 N–H and O–H groups in total. The summed E-state index contributed by atoms with van der Waals surface area (Å²) in [6.07, 6.45) is 0. The fourth-order valence-corrected chi connectivity index (χ4v) is 4.18. The Morgan fingerprint density at radius 3 is 2.83 bits per heavy atom. The number of hydrogen-bond acceptors (Lipinski definition) is 4. The van der Waals surface area contributed by atoms with Crippen molar-refractivity contribution in [3.8, 4) is 0 Å².